The third-order valence-electron chi connectivity index (χ3n) is 5.89. The van der Waals surface area contributed by atoms with Gasteiger partial charge in [-0.05, 0) is 81.8 Å². The number of ether oxygens (including phenoxy) is 1. The smallest absolute Gasteiger partial charge is 0.264 e. The van der Waals surface area contributed by atoms with Crippen molar-refractivity contribution in [2.24, 2.45) is 0 Å². The molecule has 0 saturated carbocycles. The third kappa shape index (κ3) is 8.06. The Hall–Kier alpha value is -3.37. The van der Waals surface area contributed by atoms with Crippen molar-refractivity contribution >= 4 is 43.5 Å². The SMILES string of the molecule is CCOc1ccc(N(CC(=O)N(Cc2cccc(Br)c2)C(C)C(=O)NC(C)C)S(=O)(=O)c2ccccc2)cc1. The number of sulfonamides is 1. The maximum Gasteiger partial charge on any atom is 0.264 e. The topological polar surface area (TPSA) is 96.0 Å². The van der Waals surface area contributed by atoms with Crippen molar-refractivity contribution in [3.05, 3.63) is 88.9 Å². The van der Waals surface area contributed by atoms with Crippen molar-refractivity contribution in [2.45, 2.75) is 51.2 Å². The third-order valence-corrected chi connectivity index (χ3v) is 8.17. The number of nitrogens with one attached hydrogen (secondary N) is 1. The van der Waals surface area contributed by atoms with Gasteiger partial charge in [-0.1, -0.05) is 46.3 Å². The van der Waals surface area contributed by atoms with Crippen LogP contribution in [0.25, 0.3) is 0 Å². The molecule has 3 rings (SSSR count). The summed E-state index contributed by atoms with van der Waals surface area (Å²) in [6.45, 7) is 7.25. The molecule has 0 spiro atoms. The number of anilines is 1. The lowest BCUT2D eigenvalue weighted by Crippen LogP contribution is -2.52. The maximum absolute atomic E-state index is 13.9. The molecule has 1 unspecified atom stereocenters. The normalized spacial score (nSPS) is 12.1. The number of hydrogen-bond acceptors (Lipinski definition) is 5. The van der Waals surface area contributed by atoms with E-state index in [1.807, 2.05) is 45.0 Å². The first-order chi connectivity index (χ1) is 18.5. The Balaban J connectivity index is 2.02. The number of nitrogens with zero attached hydrogens (tertiary/aromatic N) is 2. The molecule has 0 heterocycles. The molecule has 0 fully saturated rings. The Kier molecular flexibility index (Phi) is 10.5. The van der Waals surface area contributed by atoms with E-state index in [-0.39, 0.29) is 23.4 Å². The molecule has 0 saturated heterocycles. The van der Waals surface area contributed by atoms with Crippen LogP contribution < -0.4 is 14.4 Å². The molecule has 208 valence electrons. The van der Waals surface area contributed by atoms with Gasteiger partial charge in [0, 0.05) is 17.1 Å². The average Bonchev–Trinajstić information content (AvgIpc) is 2.90. The molecule has 8 nitrogen and oxygen atoms in total. The van der Waals surface area contributed by atoms with E-state index >= 15 is 0 Å². The van der Waals surface area contributed by atoms with Gasteiger partial charge >= 0.3 is 0 Å². The lowest BCUT2D eigenvalue weighted by Gasteiger charge is -2.32. The second-order valence-corrected chi connectivity index (χ2v) is 12.0. The van der Waals surface area contributed by atoms with E-state index in [0.29, 0.717) is 18.0 Å². The molecule has 39 heavy (non-hydrogen) atoms. The number of amides is 2. The van der Waals surface area contributed by atoms with Crippen molar-refractivity contribution in [1.29, 1.82) is 0 Å². The van der Waals surface area contributed by atoms with Crippen LogP contribution in [0.1, 0.15) is 33.3 Å². The molecular weight excluding hydrogens is 582 g/mol. The number of halogens is 1. The van der Waals surface area contributed by atoms with Crippen LogP contribution in [-0.4, -0.2) is 50.4 Å². The number of carbonyl (C=O) groups is 2. The minimum atomic E-state index is -4.12. The molecule has 0 aliphatic rings. The highest BCUT2D eigenvalue weighted by atomic mass is 79.9. The van der Waals surface area contributed by atoms with Crippen LogP contribution in [0, 0.1) is 0 Å². The van der Waals surface area contributed by atoms with Gasteiger partial charge in [0.15, 0.2) is 0 Å². The predicted octanol–water partition coefficient (Wildman–Crippen LogP) is 4.99. The Labute approximate surface area is 239 Å². The van der Waals surface area contributed by atoms with Gasteiger partial charge in [-0.25, -0.2) is 8.42 Å². The monoisotopic (exact) mass is 615 g/mol. The zero-order valence-electron chi connectivity index (χ0n) is 22.5. The first-order valence-electron chi connectivity index (χ1n) is 12.7. The molecule has 10 heteroatoms. The second-order valence-electron chi connectivity index (χ2n) is 9.24. The summed E-state index contributed by atoms with van der Waals surface area (Å²) in [4.78, 5) is 28.3. The summed E-state index contributed by atoms with van der Waals surface area (Å²) in [7, 11) is -4.12. The lowest BCUT2D eigenvalue weighted by molar-refractivity contribution is -0.139. The Morgan fingerprint density at radius 3 is 2.21 bits per heavy atom. The van der Waals surface area contributed by atoms with E-state index in [1.165, 1.54) is 17.0 Å². The van der Waals surface area contributed by atoms with Gasteiger partial charge in [-0.15, -0.1) is 0 Å². The molecule has 0 aliphatic carbocycles. The van der Waals surface area contributed by atoms with Crippen LogP contribution >= 0.6 is 15.9 Å². The van der Waals surface area contributed by atoms with Crippen molar-refractivity contribution in [2.75, 3.05) is 17.5 Å². The summed E-state index contributed by atoms with van der Waals surface area (Å²) in [6.07, 6.45) is 0. The molecule has 0 aromatic heterocycles. The predicted molar refractivity (Wildman–Crippen MR) is 156 cm³/mol. The molecule has 3 aromatic carbocycles. The summed E-state index contributed by atoms with van der Waals surface area (Å²) in [6, 6.07) is 20.9. The van der Waals surface area contributed by atoms with E-state index in [2.05, 4.69) is 21.2 Å². The Morgan fingerprint density at radius 2 is 1.62 bits per heavy atom. The van der Waals surface area contributed by atoms with E-state index in [0.717, 1.165) is 14.3 Å². The molecule has 0 aliphatic heterocycles. The lowest BCUT2D eigenvalue weighted by atomic mass is 10.1. The van der Waals surface area contributed by atoms with E-state index in [1.54, 1.807) is 49.4 Å². The molecule has 0 bridgehead atoms. The van der Waals surface area contributed by atoms with Crippen LogP contribution in [0.3, 0.4) is 0 Å². The zero-order valence-corrected chi connectivity index (χ0v) is 24.9. The summed E-state index contributed by atoms with van der Waals surface area (Å²) < 4.78 is 35.0. The van der Waals surface area contributed by atoms with Crippen molar-refractivity contribution in [1.82, 2.24) is 10.2 Å². The molecular formula is C29H34BrN3O5S. The number of hydrogen-bond donors (Lipinski definition) is 1. The number of carbonyl (C=O) groups excluding carboxylic acids is 2. The van der Waals surface area contributed by atoms with Crippen LogP contribution in [-0.2, 0) is 26.2 Å². The highest BCUT2D eigenvalue weighted by Crippen LogP contribution is 2.27. The van der Waals surface area contributed by atoms with Crippen molar-refractivity contribution < 1.29 is 22.7 Å². The van der Waals surface area contributed by atoms with Crippen molar-refractivity contribution in [3.8, 4) is 5.75 Å². The van der Waals surface area contributed by atoms with Gasteiger partial charge in [0.1, 0.15) is 18.3 Å². The van der Waals surface area contributed by atoms with Gasteiger partial charge in [-0.3, -0.25) is 13.9 Å². The summed E-state index contributed by atoms with van der Waals surface area (Å²) >= 11 is 3.45. The summed E-state index contributed by atoms with van der Waals surface area (Å²) in [5.41, 5.74) is 1.10. The first kappa shape index (κ1) is 30.2. The van der Waals surface area contributed by atoms with Crippen LogP contribution in [0.15, 0.2) is 88.2 Å². The maximum atomic E-state index is 13.9. The Morgan fingerprint density at radius 1 is 0.949 bits per heavy atom. The van der Waals surface area contributed by atoms with Crippen LogP contribution in [0.5, 0.6) is 5.75 Å². The van der Waals surface area contributed by atoms with Crippen LogP contribution in [0.2, 0.25) is 0 Å². The largest absolute Gasteiger partial charge is 0.494 e. The minimum absolute atomic E-state index is 0.0517. The zero-order chi connectivity index (χ0) is 28.6. The fraction of sp³-hybridized carbons (Fsp3) is 0.310. The minimum Gasteiger partial charge on any atom is -0.494 e. The molecule has 0 radical (unpaired) electrons. The second kappa shape index (κ2) is 13.6. The van der Waals surface area contributed by atoms with Gasteiger partial charge in [-0.2, -0.15) is 0 Å². The quantitative estimate of drug-likeness (QED) is 0.310. The average molecular weight is 617 g/mol. The fourth-order valence-electron chi connectivity index (χ4n) is 3.94. The molecule has 3 aromatic rings. The highest BCUT2D eigenvalue weighted by Gasteiger charge is 2.32. The summed E-state index contributed by atoms with van der Waals surface area (Å²) in [5, 5.41) is 2.85. The highest BCUT2D eigenvalue weighted by molar-refractivity contribution is 9.10. The van der Waals surface area contributed by atoms with E-state index in [4.69, 9.17) is 4.74 Å². The Bertz CT molecular complexity index is 1370. The van der Waals surface area contributed by atoms with Gasteiger partial charge in [0.05, 0.1) is 17.2 Å². The summed E-state index contributed by atoms with van der Waals surface area (Å²) in [5.74, 6) is -0.262. The van der Waals surface area contributed by atoms with Gasteiger partial charge in [0.25, 0.3) is 10.0 Å². The van der Waals surface area contributed by atoms with E-state index in [9.17, 15) is 18.0 Å². The van der Waals surface area contributed by atoms with Crippen LogP contribution in [0.4, 0.5) is 5.69 Å². The van der Waals surface area contributed by atoms with Gasteiger partial charge < -0.3 is 15.0 Å². The standard InChI is InChI=1S/C29H34BrN3O5S/c1-5-38-26-16-14-25(15-17-26)33(39(36,37)27-12-7-6-8-13-27)20-28(34)32(22(4)29(35)31-21(2)3)19-23-10-9-11-24(30)18-23/h6-18,21-22H,5,19-20H2,1-4H3,(H,31,35). The number of rotatable bonds is 12. The fourth-order valence-corrected chi connectivity index (χ4v) is 5.83. The molecule has 2 amide bonds. The molecule has 1 N–H and O–H groups in total. The number of benzene rings is 3. The molecule has 1 atom stereocenters. The van der Waals surface area contributed by atoms with Crippen molar-refractivity contribution in [3.63, 3.8) is 0 Å². The van der Waals surface area contributed by atoms with E-state index < -0.39 is 28.5 Å². The van der Waals surface area contributed by atoms with Gasteiger partial charge in [0.2, 0.25) is 11.8 Å². The first-order valence-corrected chi connectivity index (χ1v) is 14.9.